The lowest BCUT2D eigenvalue weighted by molar-refractivity contribution is -0.387. The van der Waals surface area contributed by atoms with Gasteiger partial charge in [-0.05, 0) is 50.6 Å². The van der Waals surface area contributed by atoms with Crippen LogP contribution in [0.5, 0.6) is 0 Å². The van der Waals surface area contributed by atoms with E-state index in [1.807, 2.05) is 49.6 Å². The van der Waals surface area contributed by atoms with Gasteiger partial charge in [-0.3, -0.25) is 14.9 Å². The zero-order valence-electron chi connectivity index (χ0n) is 19.3. The van der Waals surface area contributed by atoms with E-state index in [4.69, 9.17) is 0 Å². The van der Waals surface area contributed by atoms with Crippen LogP contribution in [-0.4, -0.2) is 59.2 Å². The van der Waals surface area contributed by atoms with E-state index in [1.54, 1.807) is 4.90 Å². The van der Waals surface area contributed by atoms with Gasteiger partial charge >= 0.3 is 0 Å². The van der Waals surface area contributed by atoms with Crippen LogP contribution in [0.1, 0.15) is 27.3 Å². The number of amides is 1. The van der Waals surface area contributed by atoms with Crippen molar-refractivity contribution in [3.8, 4) is 5.69 Å². The third-order valence-electron chi connectivity index (χ3n) is 6.13. The minimum Gasteiger partial charge on any atom is -0.336 e. The number of nitro benzene ring substituents is 1. The van der Waals surface area contributed by atoms with Crippen molar-refractivity contribution < 1.29 is 18.1 Å². The number of carbonyl (C=O) groups excluding carboxylic acids is 1. The Morgan fingerprint density at radius 3 is 2.26 bits per heavy atom. The molecule has 3 aromatic rings. The number of nitrogens with zero attached hydrogens (tertiary/aromatic N) is 4. The number of aryl methyl sites for hydroxylation is 2. The average Bonchev–Trinajstić information content (AvgIpc) is 3.12. The lowest BCUT2D eigenvalue weighted by atomic mass is 10.2. The van der Waals surface area contributed by atoms with E-state index in [0.717, 1.165) is 22.6 Å². The minimum atomic E-state index is -4.05. The highest BCUT2D eigenvalue weighted by Crippen LogP contribution is 2.28. The third-order valence-corrected chi connectivity index (χ3v) is 8.07. The summed E-state index contributed by atoms with van der Waals surface area (Å²) in [6, 6.07) is 15.2. The maximum Gasteiger partial charge on any atom is 0.289 e. The molecule has 0 spiro atoms. The van der Waals surface area contributed by atoms with Crippen molar-refractivity contribution in [2.24, 2.45) is 0 Å². The van der Waals surface area contributed by atoms with E-state index in [0.29, 0.717) is 5.56 Å². The Kier molecular flexibility index (Phi) is 6.28. The summed E-state index contributed by atoms with van der Waals surface area (Å²) >= 11 is 0. The van der Waals surface area contributed by atoms with Crippen molar-refractivity contribution in [2.75, 3.05) is 26.2 Å². The van der Waals surface area contributed by atoms with Crippen LogP contribution in [0.4, 0.5) is 5.69 Å². The normalized spacial score (nSPS) is 14.9. The highest BCUT2D eigenvalue weighted by Gasteiger charge is 2.35. The lowest BCUT2D eigenvalue weighted by Crippen LogP contribution is -2.50. The van der Waals surface area contributed by atoms with E-state index in [1.165, 1.54) is 28.6 Å². The number of carbonyl (C=O) groups is 1. The molecule has 1 aliphatic rings. The fourth-order valence-corrected chi connectivity index (χ4v) is 5.99. The number of aromatic nitrogens is 1. The predicted octanol–water partition coefficient (Wildman–Crippen LogP) is 3.46. The van der Waals surface area contributed by atoms with Gasteiger partial charge in [0.05, 0.1) is 10.5 Å². The number of piperazine rings is 1. The molecular formula is C24H26N4O5S. The van der Waals surface area contributed by atoms with Gasteiger partial charge in [-0.25, -0.2) is 8.42 Å². The molecule has 0 saturated carbocycles. The highest BCUT2D eigenvalue weighted by molar-refractivity contribution is 7.89. The Morgan fingerprint density at radius 1 is 0.941 bits per heavy atom. The predicted molar refractivity (Wildman–Crippen MR) is 128 cm³/mol. The van der Waals surface area contributed by atoms with Crippen molar-refractivity contribution in [3.63, 3.8) is 0 Å². The molecule has 10 heteroatoms. The molecule has 34 heavy (non-hydrogen) atoms. The van der Waals surface area contributed by atoms with Crippen molar-refractivity contribution in [2.45, 2.75) is 25.7 Å². The topological polar surface area (TPSA) is 106 Å². The van der Waals surface area contributed by atoms with Crippen molar-refractivity contribution in [1.82, 2.24) is 13.8 Å². The fourth-order valence-electron chi connectivity index (χ4n) is 4.41. The molecule has 0 aliphatic carbocycles. The number of hydrogen-bond acceptors (Lipinski definition) is 5. The van der Waals surface area contributed by atoms with Crippen molar-refractivity contribution in [1.29, 1.82) is 0 Å². The molecule has 0 atom stereocenters. The van der Waals surface area contributed by atoms with Crippen LogP contribution >= 0.6 is 0 Å². The summed E-state index contributed by atoms with van der Waals surface area (Å²) in [7, 11) is -4.05. The molecule has 0 bridgehead atoms. The van der Waals surface area contributed by atoms with E-state index in [-0.39, 0.29) is 37.0 Å². The highest BCUT2D eigenvalue weighted by atomic mass is 32.2. The molecule has 1 saturated heterocycles. The van der Waals surface area contributed by atoms with E-state index in [9.17, 15) is 23.3 Å². The van der Waals surface area contributed by atoms with Crippen LogP contribution in [-0.2, 0) is 10.0 Å². The van der Waals surface area contributed by atoms with Crippen molar-refractivity contribution >= 4 is 21.6 Å². The van der Waals surface area contributed by atoms with Crippen LogP contribution < -0.4 is 0 Å². The maximum atomic E-state index is 13.3. The molecule has 4 rings (SSSR count). The molecule has 9 nitrogen and oxygen atoms in total. The molecule has 178 valence electrons. The van der Waals surface area contributed by atoms with Gasteiger partial charge in [-0.15, -0.1) is 0 Å². The van der Waals surface area contributed by atoms with E-state index >= 15 is 0 Å². The zero-order valence-corrected chi connectivity index (χ0v) is 20.1. The standard InChI is InChI=1S/C24H26N4O5S/c1-17-7-6-8-20(15-17)27-18(2)16-21(19(27)3)24(29)25-11-13-26(14-12-25)34(32,33)23-10-5-4-9-22(23)28(30)31/h4-10,15-16H,11-14H2,1-3H3. The number of para-hydroxylation sites is 1. The van der Waals surface area contributed by atoms with Gasteiger partial charge < -0.3 is 9.47 Å². The SMILES string of the molecule is Cc1cccc(-n2c(C)cc(C(=O)N3CCN(S(=O)(=O)c4ccccc4[N+](=O)[O-])CC3)c2C)c1. The summed E-state index contributed by atoms with van der Waals surface area (Å²) in [4.78, 5) is 25.2. The summed E-state index contributed by atoms with van der Waals surface area (Å²) in [6.45, 7) is 6.40. The van der Waals surface area contributed by atoms with E-state index in [2.05, 4.69) is 6.07 Å². The quantitative estimate of drug-likeness (QED) is 0.409. The zero-order chi connectivity index (χ0) is 24.6. The summed E-state index contributed by atoms with van der Waals surface area (Å²) in [5.41, 5.74) is 3.98. The number of sulfonamides is 1. The van der Waals surface area contributed by atoms with E-state index < -0.39 is 20.6 Å². The van der Waals surface area contributed by atoms with Crippen LogP contribution in [0.3, 0.4) is 0 Å². The van der Waals surface area contributed by atoms with Gasteiger partial charge in [0.25, 0.3) is 11.6 Å². The molecule has 0 unspecified atom stereocenters. The molecule has 1 aromatic heterocycles. The summed E-state index contributed by atoms with van der Waals surface area (Å²) in [5, 5.41) is 11.3. The Hall–Kier alpha value is -3.50. The summed E-state index contributed by atoms with van der Waals surface area (Å²) in [6.07, 6.45) is 0. The van der Waals surface area contributed by atoms with Gasteiger partial charge in [-0.2, -0.15) is 4.31 Å². The first-order valence-corrected chi connectivity index (χ1v) is 12.3. The van der Waals surface area contributed by atoms with Crippen molar-refractivity contribution in [3.05, 3.63) is 87.2 Å². The number of rotatable bonds is 5. The molecule has 1 aliphatic heterocycles. The van der Waals surface area contributed by atoms with Gasteiger partial charge in [0.15, 0.2) is 4.90 Å². The number of hydrogen-bond donors (Lipinski definition) is 0. The second-order valence-electron chi connectivity index (χ2n) is 8.38. The molecule has 0 radical (unpaired) electrons. The van der Waals surface area contributed by atoms with Crippen LogP contribution in [0.2, 0.25) is 0 Å². The Labute approximate surface area is 198 Å². The van der Waals surface area contributed by atoms with Crippen LogP contribution in [0.15, 0.2) is 59.5 Å². The summed E-state index contributed by atoms with van der Waals surface area (Å²) in [5.74, 6) is -0.158. The fraction of sp³-hybridized carbons (Fsp3) is 0.292. The third kappa shape index (κ3) is 4.22. The average molecular weight is 483 g/mol. The molecular weight excluding hydrogens is 456 g/mol. The van der Waals surface area contributed by atoms with Gasteiger partial charge in [0.1, 0.15) is 0 Å². The maximum absolute atomic E-state index is 13.3. The largest absolute Gasteiger partial charge is 0.336 e. The Balaban J connectivity index is 1.53. The Morgan fingerprint density at radius 2 is 1.62 bits per heavy atom. The smallest absolute Gasteiger partial charge is 0.289 e. The Bertz CT molecular complexity index is 1370. The molecule has 2 aromatic carbocycles. The number of nitro groups is 1. The molecule has 1 fully saturated rings. The van der Waals surface area contributed by atoms with Crippen LogP contribution in [0.25, 0.3) is 5.69 Å². The van der Waals surface area contributed by atoms with Gasteiger partial charge in [0.2, 0.25) is 10.0 Å². The monoisotopic (exact) mass is 482 g/mol. The molecule has 1 amide bonds. The molecule has 2 heterocycles. The second kappa shape index (κ2) is 9.03. The first-order valence-electron chi connectivity index (χ1n) is 10.9. The number of benzene rings is 2. The summed E-state index contributed by atoms with van der Waals surface area (Å²) < 4.78 is 29.4. The first kappa shape index (κ1) is 23.7. The lowest BCUT2D eigenvalue weighted by Gasteiger charge is -2.34. The molecule has 0 N–H and O–H groups in total. The first-order chi connectivity index (χ1) is 16.1. The van der Waals surface area contributed by atoms with Gasteiger partial charge in [0, 0.05) is 49.3 Å². The second-order valence-corrected chi connectivity index (χ2v) is 10.3. The van der Waals surface area contributed by atoms with Crippen LogP contribution in [0, 0.1) is 30.9 Å². The van der Waals surface area contributed by atoms with Gasteiger partial charge in [-0.1, -0.05) is 24.3 Å². The minimum absolute atomic E-state index is 0.0662.